The lowest BCUT2D eigenvalue weighted by Crippen LogP contribution is -2.39. The van der Waals surface area contributed by atoms with Crippen molar-refractivity contribution in [2.24, 2.45) is 0 Å². The molecule has 0 aliphatic carbocycles. The van der Waals surface area contributed by atoms with Gasteiger partial charge in [0, 0.05) is 0 Å². The van der Waals surface area contributed by atoms with E-state index in [2.05, 4.69) is 52.0 Å². The van der Waals surface area contributed by atoms with E-state index in [4.69, 9.17) is 0 Å². The molecule has 1 nitrogen and oxygen atoms in total. The van der Waals surface area contributed by atoms with E-state index in [9.17, 15) is 4.80 Å². The van der Waals surface area contributed by atoms with Gasteiger partial charge in [0.15, 0.2) is 8.32 Å². The Kier molecular flexibility index (Phi) is 4.79. The van der Waals surface area contributed by atoms with Crippen LogP contribution in [-0.4, -0.2) is 13.1 Å². The summed E-state index contributed by atoms with van der Waals surface area (Å²) >= 11 is 0. The molecule has 0 aliphatic rings. The van der Waals surface area contributed by atoms with Crippen LogP contribution in [0.1, 0.15) is 51.2 Å². The Morgan fingerprint density at radius 3 is 2.00 bits per heavy atom. The molecule has 102 valence electrons. The fourth-order valence-electron chi connectivity index (χ4n) is 1.83. The van der Waals surface area contributed by atoms with Gasteiger partial charge >= 0.3 is 0 Å². The molecule has 0 radical (unpaired) electrons. The first-order chi connectivity index (χ1) is 8.13. The average Bonchev–Trinajstić information content (AvgIpc) is 2.25. The minimum absolute atomic E-state index is 0.0731. The number of hydrogen-bond donors (Lipinski definition) is 1. The van der Waals surface area contributed by atoms with Crippen LogP contribution >= 0.6 is 0 Å². The molecular formula is C16H28OSi. The summed E-state index contributed by atoms with van der Waals surface area (Å²) in [5.41, 5.74) is 2.78. The van der Waals surface area contributed by atoms with Crippen LogP contribution in [0.25, 0.3) is 0 Å². The molecule has 0 saturated heterocycles. The Morgan fingerprint density at radius 2 is 1.61 bits per heavy atom. The molecule has 0 heterocycles. The van der Waals surface area contributed by atoms with E-state index in [1.807, 2.05) is 13.1 Å². The van der Waals surface area contributed by atoms with Crippen molar-refractivity contribution in [1.82, 2.24) is 0 Å². The van der Waals surface area contributed by atoms with E-state index >= 15 is 0 Å². The number of rotatable bonds is 5. The van der Waals surface area contributed by atoms with Crippen LogP contribution in [0.2, 0.25) is 18.1 Å². The normalized spacial score (nSPS) is 13.1. The third-order valence-electron chi connectivity index (χ3n) is 4.34. The minimum Gasteiger partial charge on any atom is -0.432 e. The van der Waals surface area contributed by atoms with E-state index in [-0.39, 0.29) is 5.04 Å². The predicted molar refractivity (Wildman–Crippen MR) is 82.6 cm³/mol. The van der Waals surface area contributed by atoms with Gasteiger partial charge in [-0.25, -0.2) is 0 Å². The molecule has 18 heavy (non-hydrogen) atoms. The van der Waals surface area contributed by atoms with Crippen molar-refractivity contribution in [3.63, 3.8) is 0 Å². The fourth-order valence-corrected chi connectivity index (χ4v) is 2.57. The monoisotopic (exact) mass is 264 g/mol. The average molecular weight is 264 g/mol. The number of benzene rings is 1. The molecule has 0 spiro atoms. The summed E-state index contributed by atoms with van der Waals surface area (Å²) in [5.74, 6) is 0.597. The van der Waals surface area contributed by atoms with Gasteiger partial charge in [-0.3, -0.25) is 0 Å². The maximum atomic E-state index is 10.3. The van der Waals surface area contributed by atoms with Crippen LogP contribution in [0.3, 0.4) is 0 Å². The summed E-state index contributed by atoms with van der Waals surface area (Å²) in [5, 5.41) is 0.0731. The van der Waals surface area contributed by atoms with Gasteiger partial charge in [-0.2, -0.15) is 0 Å². The smallest absolute Gasteiger partial charge is 0.188 e. The highest BCUT2D eigenvalue weighted by molar-refractivity contribution is 6.72. The summed E-state index contributed by atoms with van der Waals surface area (Å²) < 4.78 is 0. The van der Waals surface area contributed by atoms with Gasteiger partial charge in [0.1, 0.15) is 0 Å². The number of hydrogen-bond acceptors (Lipinski definition) is 1. The van der Waals surface area contributed by atoms with Crippen molar-refractivity contribution in [1.29, 1.82) is 0 Å². The molecule has 0 aromatic heterocycles. The maximum absolute atomic E-state index is 10.3. The highest BCUT2D eigenvalue weighted by Crippen LogP contribution is 2.39. The second-order valence-corrected chi connectivity index (χ2v) is 11.3. The second kappa shape index (κ2) is 5.58. The summed E-state index contributed by atoms with van der Waals surface area (Å²) in [4.78, 5) is 10.3. The Balaban J connectivity index is 2.64. The zero-order valence-corrected chi connectivity index (χ0v) is 13.7. The molecule has 0 saturated carbocycles. The molecule has 1 N–H and O–H groups in total. The highest BCUT2D eigenvalue weighted by atomic mass is 28.4. The van der Waals surface area contributed by atoms with Crippen LogP contribution in [0.5, 0.6) is 0 Å². The van der Waals surface area contributed by atoms with Crippen molar-refractivity contribution in [3.05, 3.63) is 35.4 Å². The molecule has 1 rings (SSSR count). The largest absolute Gasteiger partial charge is 0.432 e. The molecular weight excluding hydrogens is 236 g/mol. The first-order valence-corrected chi connectivity index (χ1v) is 9.89. The van der Waals surface area contributed by atoms with Crippen molar-refractivity contribution < 1.29 is 4.80 Å². The maximum Gasteiger partial charge on any atom is 0.188 e. The lowest BCUT2D eigenvalue weighted by molar-refractivity contribution is 0.451. The lowest BCUT2D eigenvalue weighted by atomic mass is 9.98. The molecule has 2 heteroatoms. The van der Waals surface area contributed by atoms with Gasteiger partial charge in [-0.15, -0.1) is 0 Å². The van der Waals surface area contributed by atoms with E-state index < -0.39 is 8.32 Å². The topological polar surface area (TPSA) is 20.2 Å². The Hall–Kier alpha value is -0.603. The van der Waals surface area contributed by atoms with Crippen molar-refractivity contribution in [2.45, 2.75) is 64.6 Å². The van der Waals surface area contributed by atoms with Crippen LogP contribution < -0.4 is 0 Å². The molecule has 0 bridgehead atoms. The standard InChI is InChI=1S/C16H28OSi/c1-13(2)15-9-7-14(8-10-15)11-12-16(3,4)18(5,6)17/h7-10,13,17H,11-12H2,1-6H3. The van der Waals surface area contributed by atoms with Crippen molar-refractivity contribution >= 4 is 8.32 Å². The highest BCUT2D eigenvalue weighted by Gasteiger charge is 2.37. The van der Waals surface area contributed by atoms with E-state index in [1.165, 1.54) is 11.1 Å². The van der Waals surface area contributed by atoms with Crippen molar-refractivity contribution in [2.75, 3.05) is 0 Å². The fraction of sp³-hybridized carbons (Fsp3) is 0.625. The third kappa shape index (κ3) is 3.96. The molecule has 0 fully saturated rings. The van der Waals surface area contributed by atoms with Crippen LogP contribution in [0, 0.1) is 0 Å². The molecule has 0 unspecified atom stereocenters. The van der Waals surface area contributed by atoms with E-state index in [0.29, 0.717) is 5.92 Å². The minimum atomic E-state index is -2.07. The zero-order valence-electron chi connectivity index (χ0n) is 12.7. The molecule has 0 atom stereocenters. The summed E-state index contributed by atoms with van der Waals surface area (Å²) in [6.07, 6.45) is 2.12. The molecule has 1 aromatic rings. The van der Waals surface area contributed by atoms with Crippen molar-refractivity contribution in [3.8, 4) is 0 Å². The van der Waals surface area contributed by atoms with E-state index in [1.54, 1.807) is 0 Å². The van der Waals surface area contributed by atoms with Gasteiger partial charge in [0.2, 0.25) is 0 Å². The second-order valence-electron chi connectivity index (χ2n) is 6.84. The SMILES string of the molecule is CC(C)c1ccc(CCC(C)(C)[Si](C)(C)O)cc1. The van der Waals surface area contributed by atoms with Crippen LogP contribution in [-0.2, 0) is 6.42 Å². The number of aryl methyl sites for hydroxylation is 1. The van der Waals surface area contributed by atoms with Gasteiger partial charge in [0.05, 0.1) is 0 Å². The third-order valence-corrected chi connectivity index (χ3v) is 7.90. The first-order valence-electron chi connectivity index (χ1n) is 6.95. The summed E-state index contributed by atoms with van der Waals surface area (Å²) in [6.45, 7) is 12.9. The molecule has 0 aliphatic heterocycles. The Bertz CT molecular complexity index is 371. The quantitative estimate of drug-likeness (QED) is 0.763. The molecule has 0 amide bonds. The van der Waals surface area contributed by atoms with Crippen LogP contribution in [0.15, 0.2) is 24.3 Å². The predicted octanol–water partition coefficient (Wildman–Crippen LogP) is 4.72. The zero-order chi connectivity index (χ0) is 14.0. The summed E-state index contributed by atoms with van der Waals surface area (Å²) in [6, 6.07) is 8.93. The first kappa shape index (κ1) is 15.5. The van der Waals surface area contributed by atoms with Gasteiger partial charge in [-0.05, 0) is 48.0 Å². The summed E-state index contributed by atoms with van der Waals surface area (Å²) in [7, 11) is -2.07. The van der Waals surface area contributed by atoms with E-state index in [0.717, 1.165) is 12.8 Å². The van der Waals surface area contributed by atoms with Gasteiger partial charge in [-0.1, -0.05) is 52.0 Å². The van der Waals surface area contributed by atoms with Gasteiger partial charge in [0.25, 0.3) is 0 Å². The molecule has 1 aromatic carbocycles. The Labute approximate surface area is 113 Å². The van der Waals surface area contributed by atoms with Gasteiger partial charge < -0.3 is 4.80 Å². The van der Waals surface area contributed by atoms with Crippen LogP contribution in [0.4, 0.5) is 0 Å². The Morgan fingerprint density at radius 1 is 1.11 bits per heavy atom. The lowest BCUT2D eigenvalue weighted by Gasteiger charge is -2.35.